The monoisotopic (exact) mass is 365 g/mol. The molecule has 24 heavy (non-hydrogen) atoms. The van der Waals surface area contributed by atoms with Gasteiger partial charge in [-0.2, -0.15) is 4.31 Å². The van der Waals surface area contributed by atoms with Crippen molar-refractivity contribution in [1.82, 2.24) is 4.31 Å². The molecule has 1 aromatic carbocycles. The van der Waals surface area contributed by atoms with E-state index in [4.69, 9.17) is 4.74 Å². The fourth-order valence-corrected chi connectivity index (χ4v) is 5.50. The van der Waals surface area contributed by atoms with Gasteiger partial charge in [0.05, 0.1) is 11.0 Å². The summed E-state index contributed by atoms with van der Waals surface area (Å²) in [5.74, 6) is -0.442. The number of hydrogen-bond donors (Lipinski definition) is 0. The van der Waals surface area contributed by atoms with Crippen molar-refractivity contribution in [2.45, 2.75) is 55.1 Å². The van der Waals surface area contributed by atoms with Gasteiger partial charge in [0.1, 0.15) is 5.75 Å². The Balaban J connectivity index is 1.81. The van der Waals surface area contributed by atoms with Crippen LogP contribution >= 0.6 is 0 Å². The molecule has 2 aliphatic heterocycles. The Morgan fingerprint density at radius 3 is 2.08 bits per heavy atom. The Hall–Kier alpha value is -1.32. The summed E-state index contributed by atoms with van der Waals surface area (Å²) in [6.07, 6.45) is -1.92. The molecular formula is C15H18F3NO4S. The van der Waals surface area contributed by atoms with Crippen LogP contribution in [0.25, 0.3) is 0 Å². The molecule has 0 N–H and O–H groups in total. The van der Waals surface area contributed by atoms with Gasteiger partial charge < -0.3 is 9.47 Å². The van der Waals surface area contributed by atoms with Crippen molar-refractivity contribution in [3.05, 3.63) is 24.3 Å². The Labute approximate surface area is 138 Å². The van der Waals surface area contributed by atoms with Gasteiger partial charge in [-0.3, -0.25) is 0 Å². The van der Waals surface area contributed by atoms with Crippen LogP contribution in [0.2, 0.25) is 0 Å². The molecule has 3 rings (SSSR count). The second-order valence-corrected chi connectivity index (χ2v) is 7.91. The van der Waals surface area contributed by atoms with Crippen LogP contribution in [0.4, 0.5) is 13.2 Å². The van der Waals surface area contributed by atoms with Gasteiger partial charge in [0.25, 0.3) is 0 Å². The van der Waals surface area contributed by atoms with Crippen LogP contribution in [0, 0.1) is 0 Å². The first-order valence-corrected chi connectivity index (χ1v) is 9.07. The largest absolute Gasteiger partial charge is 0.573 e. The number of fused-ring (bicyclic) bond motifs is 2. The predicted molar refractivity (Wildman–Crippen MR) is 79.0 cm³/mol. The molecule has 2 atom stereocenters. The first-order chi connectivity index (χ1) is 11.2. The van der Waals surface area contributed by atoms with E-state index in [1.807, 2.05) is 0 Å². The number of alkyl halides is 3. The van der Waals surface area contributed by atoms with Crippen molar-refractivity contribution in [1.29, 1.82) is 0 Å². The van der Waals surface area contributed by atoms with Crippen LogP contribution in [-0.4, -0.2) is 44.4 Å². The number of hydrogen-bond acceptors (Lipinski definition) is 4. The first-order valence-electron chi connectivity index (χ1n) is 7.63. The summed E-state index contributed by atoms with van der Waals surface area (Å²) >= 11 is 0. The zero-order valence-electron chi connectivity index (χ0n) is 13.0. The van der Waals surface area contributed by atoms with Crippen molar-refractivity contribution < 1.29 is 31.1 Å². The number of benzene rings is 1. The second-order valence-electron chi connectivity index (χ2n) is 6.07. The molecule has 0 saturated carbocycles. The predicted octanol–water partition coefficient (Wildman–Crippen LogP) is 2.92. The zero-order chi connectivity index (χ0) is 17.5. The highest BCUT2D eigenvalue weighted by molar-refractivity contribution is 7.89. The molecule has 0 radical (unpaired) electrons. The van der Waals surface area contributed by atoms with E-state index in [1.165, 1.54) is 4.31 Å². The van der Waals surface area contributed by atoms with Gasteiger partial charge >= 0.3 is 6.36 Å². The first kappa shape index (κ1) is 17.5. The minimum absolute atomic E-state index is 0.0233. The van der Waals surface area contributed by atoms with Gasteiger partial charge in [-0.05, 0) is 49.9 Å². The van der Waals surface area contributed by atoms with Crippen LogP contribution in [-0.2, 0) is 14.8 Å². The Kier molecular flexibility index (Phi) is 4.52. The molecular weight excluding hydrogens is 347 g/mol. The quantitative estimate of drug-likeness (QED) is 0.823. The second kappa shape index (κ2) is 6.20. The average Bonchev–Trinajstić information content (AvgIpc) is 2.78. The molecule has 2 unspecified atom stereocenters. The minimum Gasteiger partial charge on any atom is -0.406 e. The summed E-state index contributed by atoms with van der Waals surface area (Å²) < 4.78 is 72.9. The number of rotatable bonds is 4. The Bertz CT molecular complexity index is 676. The number of ether oxygens (including phenoxy) is 2. The van der Waals surface area contributed by atoms with Crippen molar-refractivity contribution in [3.8, 4) is 5.75 Å². The molecule has 2 fully saturated rings. The van der Waals surface area contributed by atoms with E-state index in [0.29, 0.717) is 12.8 Å². The number of piperidine rings is 1. The molecule has 1 aromatic rings. The van der Waals surface area contributed by atoms with Crippen molar-refractivity contribution in [2.24, 2.45) is 0 Å². The lowest BCUT2D eigenvalue weighted by atomic mass is 10.0. The van der Waals surface area contributed by atoms with Crippen molar-refractivity contribution in [3.63, 3.8) is 0 Å². The maximum Gasteiger partial charge on any atom is 0.573 e. The van der Waals surface area contributed by atoms with E-state index in [1.54, 1.807) is 7.11 Å². The van der Waals surface area contributed by atoms with Crippen LogP contribution in [0.15, 0.2) is 29.2 Å². The summed E-state index contributed by atoms with van der Waals surface area (Å²) in [5.41, 5.74) is 0. The van der Waals surface area contributed by atoms with Gasteiger partial charge in [-0.15, -0.1) is 13.2 Å². The molecule has 134 valence electrons. The molecule has 0 aromatic heterocycles. The third-order valence-electron chi connectivity index (χ3n) is 4.59. The van der Waals surface area contributed by atoms with Crippen molar-refractivity contribution in [2.75, 3.05) is 7.11 Å². The van der Waals surface area contributed by atoms with Gasteiger partial charge in [-0.1, -0.05) is 0 Å². The van der Waals surface area contributed by atoms with Crippen LogP contribution in [0.3, 0.4) is 0 Å². The van der Waals surface area contributed by atoms with E-state index < -0.39 is 22.1 Å². The molecule has 0 aliphatic carbocycles. The van der Waals surface area contributed by atoms with E-state index in [-0.39, 0.29) is 23.1 Å². The lowest BCUT2D eigenvalue weighted by molar-refractivity contribution is -0.274. The molecule has 2 aliphatic rings. The summed E-state index contributed by atoms with van der Waals surface area (Å²) in [6, 6.07) is 4.10. The minimum atomic E-state index is -4.80. The molecule has 0 amide bonds. The van der Waals surface area contributed by atoms with E-state index in [0.717, 1.165) is 37.1 Å². The number of sulfonamides is 1. The average molecular weight is 365 g/mol. The van der Waals surface area contributed by atoms with Gasteiger partial charge in [-0.25, -0.2) is 8.42 Å². The van der Waals surface area contributed by atoms with Crippen LogP contribution in [0.5, 0.6) is 5.75 Å². The number of methoxy groups -OCH3 is 1. The fraction of sp³-hybridized carbons (Fsp3) is 0.600. The summed E-state index contributed by atoms with van der Waals surface area (Å²) in [5, 5.41) is 0. The third-order valence-corrected chi connectivity index (χ3v) is 6.61. The fourth-order valence-electron chi connectivity index (χ4n) is 3.60. The molecule has 2 saturated heterocycles. The topological polar surface area (TPSA) is 55.8 Å². The SMILES string of the molecule is COC1CC2CCC(C1)N2S(=O)(=O)c1ccc(OC(F)(F)F)cc1. The number of nitrogens with zero attached hydrogens (tertiary/aromatic N) is 1. The van der Waals surface area contributed by atoms with Crippen molar-refractivity contribution >= 4 is 10.0 Å². The van der Waals surface area contributed by atoms with Gasteiger partial charge in [0.15, 0.2) is 0 Å². The normalized spacial score (nSPS) is 28.1. The van der Waals surface area contributed by atoms with Crippen LogP contribution < -0.4 is 4.74 Å². The highest BCUT2D eigenvalue weighted by Gasteiger charge is 2.47. The standard InChI is InChI=1S/C15H18F3NO4S/c1-22-13-8-10-2-3-11(9-13)19(10)24(20,21)14-6-4-12(5-7-14)23-15(16,17)18/h4-7,10-11,13H,2-3,8-9H2,1H3. The molecule has 2 bridgehead atoms. The molecule has 2 heterocycles. The van der Waals surface area contributed by atoms with E-state index in [9.17, 15) is 21.6 Å². The summed E-state index contributed by atoms with van der Waals surface area (Å²) in [4.78, 5) is -0.0233. The molecule has 5 nitrogen and oxygen atoms in total. The van der Waals surface area contributed by atoms with Gasteiger partial charge in [0.2, 0.25) is 10.0 Å². The summed E-state index contributed by atoms with van der Waals surface area (Å²) in [6.45, 7) is 0. The van der Waals surface area contributed by atoms with Gasteiger partial charge in [0, 0.05) is 19.2 Å². The highest BCUT2D eigenvalue weighted by Crippen LogP contribution is 2.40. The smallest absolute Gasteiger partial charge is 0.406 e. The maximum absolute atomic E-state index is 12.9. The number of halogens is 3. The molecule has 0 spiro atoms. The highest BCUT2D eigenvalue weighted by atomic mass is 32.2. The third kappa shape index (κ3) is 3.38. The Morgan fingerprint density at radius 2 is 1.62 bits per heavy atom. The Morgan fingerprint density at radius 1 is 1.08 bits per heavy atom. The van der Waals surface area contributed by atoms with E-state index in [2.05, 4.69) is 4.74 Å². The summed E-state index contributed by atoms with van der Waals surface area (Å²) in [7, 11) is -2.13. The maximum atomic E-state index is 12.9. The molecule has 9 heteroatoms. The lowest BCUT2D eigenvalue weighted by Crippen LogP contribution is -2.48. The van der Waals surface area contributed by atoms with E-state index >= 15 is 0 Å². The lowest BCUT2D eigenvalue weighted by Gasteiger charge is -2.37. The van der Waals surface area contributed by atoms with Crippen LogP contribution in [0.1, 0.15) is 25.7 Å². The zero-order valence-corrected chi connectivity index (χ0v) is 13.8.